The standard InChI is InChI=1S/C16H21BO3/c1-15(2)16(3,4)20-17(19-15)13-8-11-6-7-14(18-5)10-12(11)9-13/h6-8,10H,9H2,1-5H3. The van der Waals surface area contributed by atoms with Crippen molar-refractivity contribution in [2.45, 2.75) is 45.3 Å². The molecule has 1 aliphatic carbocycles. The first-order valence-electron chi connectivity index (χ1n) is 7.05. The highest BCUT2D eigenvalue weighted by molar-refractivity contribution is 6.56. The quantitative estimate of drug-likeness (QED) is 0.773. The number of rotatable bonds is 2. The van der Waals surface area contributed by atoms with Crippen molar-refractivity contribution in [3.8, 4) is 5.75 Å². The number of hydrogen-bond acceptors (Lipinski definition) is 3. The van der Waals surface area contributed by atoms with Crippen molar-refractivity contribution in [1.82, 2.24) is 0 Å². The summed E-state index contributed by atoms with van der Waals surface area (Å²) < 4.78 is 17.5. The predicted octanol–water partition coefficient (Wildman–Crippen LogP) is 3.27. The first-order valence-corrected chi connectivity index (χ1v) is 7.05. The molecule has 20 heavy (non-hydrogen) atoms. The molecule has 1 heterocycles. The van der Waals surface area contributed by atoms with Crippen LogP contribution in [0.3, 0.4) is 0 Å². The molecule has 3 nitrogen and oxygen atoms in total. The van der Waals surface area contributed by atoms with Gasteiger partial charge in [-0.3, -0.25) is 0 Å². The van der Waals surface area contributed by atoms with Crippen molar-refractivity contribution in [1.29, 1.82) is 0 Å². The van der Waals surface area contributed by atoms with Gasteiger partial charge in [0, 0.05) is 0 Å². The number of fused-ring (bicyclic) bond motifs is 1. The maximum absolute atomic E-state index is 6.11. The Morgan fingerprint density at radius 3 is 2.35 bits per heavy atom. The van der Waals surface area contributed by atoms with Gasteiger partial charge in [-0.05, 0) is 62.8 Å². The van der Waals surface area contributed by atoms with Gasteiger partial charge in [-0.25, -0.2) is 0 Å². The lowest BCUT2D eigenvalue weighted by Gasteiger charge is -2.32. The molecule has 0 radical (unpaired) electrons. The molecule has 1 aliphatic heterocycles. The van der Waals surface area contributed by atoms with Crippen molar-refractivity contribution in [3.63, 3.8) is 0 Å². The molecule has 1 aromatic carbocycles. The topological polar surface area (TPSA) is 27.7 Å². The van der Waals surface area contributed by atoms with Gasteiger partial charge in [0.05, 0.1) is 18.3 Å². The summed E-state index contributed by atoms with van der Waals surface area (Å²) in [5, 5.41) is 0. The van der Waals surface area contributed by atoms with E-state index < -0.39 is 0 Å². The van der Waals surface area contributed by atoms with Crippen LogP contribution in [0.1, 0.15) is 38.8 Å². The van der Waals surface area contributed by atoms with Crippen LogP contribution < -0.4 is 4.74 Å². The van der Waals surface area contributed by atoms with Crippen LogP contribution in [0.15, 0.2) is 23.7 Å². The van der Waals surface area contributed by atoms with Gasteiger partial charge in [-0.1, -0.05) is 12.1 Å². The van der Waals surface area contributed by atoms with Gasteiger partial charge in [0.25, 0.3) is 0 Å². The number of benzene rings is 1. The fourth-order valence-corrected chi connectivity index (χ4v) is 2.62. The van der Waals surface area contributed by atoms with Gasteiger partial charge in [0.15, 0.2) is 0 Å². The first-order chi connectivity index (χ1) is 9.32. The Balaban J connectivity index is 1.83. The van der Waals surface area contributed by atoms with Crippen LogP contribution >= 0.6 is 0 Å². The summed E-state index contributed by atoms with van der Waals surface area (Å²) in [6.07, 6.45) is 3.04. The minimum Gasteiger partial charge on any atom is -0.497 e. The van der Waals surface area contributed by atoms with Crippen LogP contribution in [0, 0.1) is 0 Å². The van der Waals surface area contributed by atoms with E-state index in [4.69, 9.17) is 14.0 Å². The second-order valence-corrected chi connectivity index (χ2v) is 6.55. The van der Waals surface area contributed by atoms with Crippen molar-refractivity contribution in [2.75, 3.05) is 7.11 Å². The van der Waals surface area contributed by atoms with E-state index in [0.717, 1.165) is 12.2 Å². The number of ether oxygens (including phenoxy) is 1. The van der Waals surface area contributed by atoms with E-state index in [2.05, 4.69) is 45.9 Å². The predicted molar refractivity (Wildman–Crippen MR) is 80.8 cm³/mol. The van der Waals surface area contributed by atoms with Crippen LogP contribution in [-0.4, -0.2) is 25.4 Å². The van der Waals surface area contributed by atoms with Gasteiger partial charge in [0.1, 0.15) is 5.75 Å². The summed E-state index contributed by atoms with van der Waals surface area (Å²) in [5.74, 6) is 0.896. The van der Waals surface area contributed by atoms with Crippen LogP contribution in [0.25, 0.3) is 6.08 Å². The molecule has 0 amide bonds. The van der Waals surface area contributed by atoms with E-state index in [-0.39, 0.29) is 18.3 Å². The lowest BCUT2D eigenvalue weighted by Crippen LogP contribution is -2.41. The average molecular weight is 272 g/mol. The molecule has 3 rings (SSSR count). The van der Waals surface area contributed by atoms with Crippen LogP contribution in [0.5, 0.6) is 5.75 Å². The summed E-state index contributed by atoms with van der Waals surface area (Å²) in [5.41, 5.74) is 3.12. The van der Waals surface area contributed by atoms with Crippen LogP contribution in [-0.2, 0) is 15.7 Å². The molecular formula is C16H21BO3. The molecular weight excluding hydrogens is 251 g/mol. The van der Waals surface area contributed by atoms with Crippen molar-refractivity contribution in [2.24, 2.45) is 0 Å². The summed E-state index contributed by atoms with van der Waals surface area (Å²) in [4.78, 5) is 0. The molecule has 2 aliphatic rings. The fourth-order valence-electron chi connectivity index (χ4n) is 2.62. The largest absolute Gasteiger partial charge is 0.497 e. The Bertz CT molecular complexity index is 559. The molecule has 1 aromatic rings. The summed E-state index contributed by atoms with van der Waals surface area (Å²) in [6.45, 7) is 8.33. The minimum atomic E-state index is -0.287. The highest BCUT2D eigenvalue weighted by Gasteiger charge is 2.52. The SMILES string of the molecule is COc1ccc2c(c1)CC(B1OC(C)(C)C(C)(C)O1)=C2. The van der Waals surface area contributed by atoms with Gasteiger partial charge in [-0.2, -0.15) is 0 Å². The Kier molecular flexibility index (Phi) is 3.00. The van der Waals surface area contributed by atoms with E-state index in [1.54, 1.807) is 7.11 Å². The Labute approximate surface area is 121 Å². The van der Waals surface area contributed by atoms with E-state index >= 15 is 0 Å². The van der Waals surface area contributed by atoms with Gasteiger partial charge >= 0.3 is 7.12 Å². The molecule has 0 unspecified atom stereocenters. The second-order valence-electron chi connectivity index (χ2n) is 6.55. The highest BCUT2D eigenvalue weighted by Crippen LogP contribution is 2.41. The fraction of sp³-hybridized carbons (Fsp3) is 0.500. The summed E-state index contributed by atoms with van der Waals surface area (Å²) in [6, 6.07) is 6.17. The zero-order valence-electron chi connectivity index (χ0n) is 12.8. The summed E-state index contributed by atoms with van der Waals surface area (Å²) >= 11 is 0. The zero-order chi connectivity index (χ0) is 14.5. The van der Waals surface area contributed by atoms with E-state index in [1.807, 2.05) is 6.07 Å². The normalized spacial score (nSPS) is 22.6. The third kappa shape index (κ3) is 2.07. The van der Waals surface area contributed by atoms with E-state index in [0.29, 0.717) is 0 Å². The number of methoxy groups -OCH3 is 1. The van der Waals surface area contributed by atoms with Gasteiger partial charge in [-0.15, -0.1) is 0 Å². The Morgan fingerprint density at radius 1 is 1.10 bits per heavy atom. The number of hydrogen-bond donors (Lipinski definition) is 0. The van der Waals surface area contributed by atoms with E-state index in [9.17, 15) is 0 Å². The smallest absolute Gasteiger partial charge is 0.490 e. The number of allylic oxidation sites excluding steroid dienone is 1. The molecule has 0 atom stereocenters. The minimum absolute atomic E-state index is 0.251. The maximum Gasteiger partial charge on any atom is 0.490 e. The molecule has 106 valence electrons. The lowest BCUT2D eigenvalue weighted by atomic mass is 9.77. The van der Waals surface area contributed by atoms with Gasteiger partial charge in [0.2, 0.25) is 0 Å². The zero-order valence-corrected chi connectivity index (χ0v) is 12.8. The third-order valence-corrected chi connectivity index (χ3v) is 4.64. The molecule has 1 saturated heterocycles. The Morgan fingerprint density at radius 2 is 1.75 bits per heavy atom. The lowest BCUT2D eigenvalue weighted by molar-refractivity contribution is 0.00578. The van der Waals surface area contributed by atoms with Crippen molar-refractivity contribution in [3.05, 3.63) is 34.8 Å². The Hall–Kier alpha value is -1.26. The van der Waals surface area contributed by atoms with Crippen LogP contribution in [0.4, 0.5) is 0 Å². The molecule has 4 heteroatoms. The highest BCUT2D eigenvalue weighted by atomic mass is 16.7. The molecule has 0 N–H and O–H groups in total. The molecule has 0 spiro atoms. The van der Waals surface area contributed by atoms with Crippen LogP contribution in [0.2, 0.25) is 0 Å². The molecule has 0 bridgehead atoms. The molecule has 0 aromatic heterocycles. The molecule has 0 saturated carbocycles. The van der Waals surface area contributed by atoms with Crippen molar-refractivity contribution >= 4 is 13.2 Å². The maximum atomic E-state index is 6.11. The van der Waals surface area contributed by atoms with Crippen molar-refractivity contribution < 1.29 is 14.0 Å². The average Bonchev–Trinajstić information content (AvgIpc) is 2.87. The monoisotopic (exact) mass is 272 g/mol. The van der Waals surface area contributed by atoms with E-state index in [1.165, 1.54) is 16.6 Å². The summed E-state index contributed by atoms with van der Waals surface area (Å²) in [7, 11) is 1.44. The molecule has 1 fully saturated rings. The first kappa shape index (κ1) is 13.7. The third-order valence-electron chi connectivity index (χ3n) is 4.64. The second kappa shape index (κ2) is 4.37. The van der Waals surface area contributed by atoms with Gasteiger partial charge < -0.3 is 14.0 Å².